The summed E-state index contributed by atoms with van der Waals surface area (Å²) in [4.78, 5) is 10.5. The van der Waals surface area contributed by atoms with Gasteiger partial charge in [0.15, 0.2) is 5.96 Å². The third-order valence-corrected chi connectivity index (χ3v) is 3.94. The largest absolute Gasteiger partial charge is 0.363 e. The van der Waals surface area contributed by atoms with Gasteiger partial charge in [-0.15, -0.1) is 0 Å². The molecule has 1 heterocycles. The first-order valence-electron chi connectivity index (χ1n) is 8.31. The van der Waals surface area contributed by atoms with Crippen molar-refractivity contribution >= 4 is 11.8 Å². The van der Waals surface area contributed by atoms with Crippen LogP contribution in [-0.2, 0) is 13.0 Å². The molecule has 0 aliphatic rings. The maximum atomic E-state index is 13.1. The van der Waals surface area contributed by atoms with Crippen LogP contribution in [0, 0.1) is 12.7 Å². The van der Waals surface area contributed by atoms with E-state index in [4.69, 9.17) is 0 Å². The minimum atomic E-state index is -0.193. The highest BCUT2D eigenvalue weighted by atomic mass is 19.1. The molecule has 0 unspecified atom stereocenters. The second-order valence-corrected chi connectivity index (χ2v) is 6.09. The van der Waals surface area contributed by atoms with Gasteiger partial charge in [-0.05, 0) is 54.3 Å². The lowest BCUT2D eigenvalue weighted by Crippen LogP contribution is -2.37. The van der Waals surface area contributed by atoms with Crippen LogP contribution >= 0.6 is 0 Å². The Morgan fingerprint density at radius 3 is 2.68 bits per heavy atom. The quantitative estimate of drug-likeness (QED) is 0.625. The fourth-order valence-corrected chi connectivity index (χ4v) is 2.48. The number of hydrogen-bond acceptors (Lipinski definition) is 3. The molecular weight excluding hydrogens is 317 g/mol. The minimum Gasteiger partial charge on any atom is -0.363 e. The lowest BCUT2D eigenvalue weighted by molar-refractivity contribution is 0.625. The van der Waals surface area contributed by atoms with Crippen LogP contribution in [0.15, 0.2) is 41.5 Å². The summed E-state index contributed by atoms with van der Waals surface area (Å²) < 4.78 is 13.1. The standard InChI is InChI=1S/C19H26FN5/c1-14-11-17(20)6-5-16(14)8-10-23-19(21-2)24-13-15-7-9-22-18(12-15)25(3)4/h5-7,9,11-12H,8,10,13H2,1-4H3,(H2,21,23,24). The van der Waals surface area contributed by atoms with Gasteiger partial charge in [-0.25, -0.2) is 9.37 Å². The zero-order valence-corrected chi connectivity index (χ0v) is 15.3. The maximum absolute atomic E-state index is 13.1. The van der Waals surface area contributed by atoms with Crippen molar-refractivity contribution < 1.29 is 4.39 Å². The molecule has 0 radical (unpaired) electrons. The van der Waals surface area contributed by atoms with E-state index in [0.29, 0.717) is 6.54 Å². The molecule has 134 valence electrons. The van der Waals surface area contributed by atoms with Crippen molar-refractivity contribution in [3.8, 4) is 0 Å². The number of aliphatic imine (C=N–C) groups is 1. The van der Waals surface area contributed by atoms with Crippen molar-refractivity contribution in [2.24, 2.45) is 4.99 Å². The number of guanidine groups is 1. The van der Waals surface area contributed by atoms with Crippen LogP contribution in [0.1, 0.15) is 16.7 Å². The van der Waals surface area contributed by atoms with Gasteiger partial charge in [-0.3, -0.25) is 4.99 Å². The fourth-order valence-electron chi connectivity index (χ4n) is 2.48. The molecule has 2 rings (SSSR count). The highest BCUT2D eigenvalue weighted by Gasteiger charge is 2.03. The molecule has 2 N–H and O–H groups in total. The van der Waals surface area contributed by atoms with E-state index in [-0.39, 0.29) is 5.82 Å². The van der Waals surface area contributed by atoms with Crippen LogP contribution < -0.4 is 15.5 Å². The predicted octanol–water partition coefficient (Wildman–Crippen LogP) is 2.50. The van der Waals surface area contributed by atoms with Gasteiger partial charge in [0.2, 0.25) is 0 Å². The number of benzene rings is 1. The Morgan fingerprint density at radius 1 is 1.20 bits per heavy atom. The van der Waals surface area contributed by atoms with Gasteiger partial charge in [-0.1, -0.05) is 6.07 Å². The fraction of sp³-hybridized carbons (Fsp3) is 0.368. The number of anilines is 1. The van der Waals surface area contributed by atoms with Crippen LogP contribution in [0.5, 0.6) is 0 Å². The SMILES string of the molecule is CN=C(NCCc1ccc(F)cc1C)NCc1ccnc(N(C)C)c1. The molecule has 25 heavy (non-hydrogen) atoms. The Morgan fingerprint density at radius 2 is 2.00 bits per heavy atom. The highest BCUT2D eigenvalue weighted by molar-refractivity contribution is 5.79. The Labute approximate surface area is 149 Å². The van der Waals surface area contributed by atoms with E-state index in [2.05, 4.69) is 20.6 Å². The highest BCUT2D eigenvalue weighted by Crippen LogP contribution is 2.10. The molecule has 0 aliphatic heterocycles. The number of nitrogens with one attached hydrogen (secondary N) is 2. The maximum Gasteiger partial charge on any atom is 0.191 e. The van der Waals surface area contributed by atoms with Crippen molar-refractivity contribution in [3.63, 3.8) is 0 Å². The molecule has 0 saturated heterocycles. The van der Waals surface area contributed by atoms with Crippen molar-refractivity contribution in [1.29, 1.82) is 0 Å². The minimum absolute atomic E-state index is 0.193. The Bertz CT molecular complexity index is 728. The second-order valence-electron chi connectivity index (χ2n) is 6.09. The molecule has 1 aromatic heterocycles. The number of rotatable bonds is 6. The van der Waals surface area contributed by atoms with Gasteiger partial charge >= 0.3 is 0 Å². The van der Waals surface area contributed by atoms with Gasteiger partial charge in [0.1, 0.15) is 11.6 Å². The summed E-state index contributed by atoms with van der Waals surface area (Å²) in [7, 11) is 5.69. The molecule has 0 amide bonds. The molecule has 0 spiro atoms. The number of hydrogen-bond donors (Lipinski definition) is 2. The van der Waals surface area contributed by atoms with Crippen molar-refractivity contribution in [2.75, 3.05) is 32.6 Å². The summed E-state index contributed by atoms with van der Waals surface area (Å²) >= 11 is 0. The van der Waals surface area contributed by atoms with E-state index in [0.717, 1.165) is 41.4 Å². The van der Waals surface area contributed by atoms with Crippen molar-refractivity contribution in [3.05, 3.63) is 59.0 Å². The lowest BCUT2D eigenvalue weighted by Gasteiger charge is -2.15. The summed E-state index contributed by atoms with van der Waals surface area (Å²) in [5.74, 6) is 1.47. The molecule has 2 aromatic rings. The van der Waals surface area contributed by atoms with E-state index in [1.165, 1.54) is 6.07 Å². The average Bonchev–Trinajstić information content (AvgIpc) is 2.59. The first-order valence-corrected chi connectivity index (χ1v) is 8.31. The molecule has 0 aliphatic carbocycles. The average molecular weight is 343 g/mol. The first-order chi connectivity index (χ1) is 12.0. The van der Waals surface area contributed by atoms with Gasteiger partial charge in [-0.2, -0.15) is 0 Å². The zero-order valence-electron chi connectivity index (χ0n) is 15.3. The van der Waals surface area contributed by atoms with E-state index in [9.17, 15) is 4.39 Å². The molecule has 0 saturated carbocycles. The van der Waals surface area contributed by atoms with Crippen LogP contribution in [0.3, 0.4) is 0 Å². The Hall–Kier alpha value is -2.63. The summed E-state index contributed by atoms with van der Waals surface area (Å²) in [6.07, 6.45) is 2.62. The summed E-state index contributed by atoms with van der Waals surface area (Å²) in [6, 6.07) is 8.93. The Balaban J connectivity index is 1.83. The van der Waals surface area contributed by atoms with Gasteiger partial charge in [0, 0.05) is 40.4 Å². The summed E-state index contributed by atoms with van der Waals surface area (Å²) in [5, 5.41) is 6.58. The summed E-state index contributed by atoms with van der Waals surface area (Å²) in [6.45, 7) is 3.32. The number of halogens is 1. The monoisotopic (exact) mass is 343 g/mol. The van der Waals surface area contributed by atoms with Gasteiger partial charge < -0.3 is 15.5 Å². The topological polar surface area (TPSA) is 52.6 Å². The molecule has 6 heteroatoms. The van der Waals surface area contributed by atoms with Crippen molar-refractivity contribution in [1.82, 2.24) is 15.6 Å². The van der Waals surface area contributed by atoms with E-state index < -0.39 is 0 Å². The predicted molar refractivity (Wildman–Crippen MR) is 102 cm³/mol. The van der Waals surface area contributed by atoms with Crippen molar-refractivity contribution in [2.45, 2.75) is 19.9 Å². The third kappa shape index (κ3) is 5.74. The normalized spacial score (nSPS) is 11.3. The van der Waals surface area contributed by atoms with Crippen LogP contribution in [0.4, 0.5) is 10.2 Å². The molecular formula is C19H26FN5. The smallest absolute Gasteiger partial charge is 0.191 e. The molecule has 0 fully saturated rings. The zero-order chi connectivity index (χ0) is 18.2. The van der Waals surface area contributed by atoms with Crippen LogP contribution in [0.2, 0.25) is 0 Å². The first kappa shape index (κ1) is 18.7. The molecule has 0 bridgehead atoms. The van der Waals surface area contributed by atoms with Gasteiger partial charge in [0.05, 0.1) is 0 Å². The Kier molecular flexibility index (Phi) is 6.74. The van der Waals surface area contributed by atoms with Crippen LogP contribution in [0.25, 0.3) is 0 Å². The number of nitrogens with zero attached hydrogens (tertiary/aromatic N) is 3. The molecule has 1 aromatic carbocycles. The third-order valence-electron chi connectivity index (χ3n) is 3.94. The summed E-state index contributed by atoms with van der Waals surface area (Å²) in [5.41, 5.74) is 3.24. The number of pyridine rings is 1. The lowest BCUT2D eigenvalue weighted by atomic mass is 10.1. The number of aryl methyl sites for hydroxylation is 1. The van der Waals surface area contributed by atoms with Gasteiger partial charge in [0.25, 0.3) is 0 Å². The van der Waals surface area contributed by atoms with E-state index in [1.54, 1.807) is 19.3 Å². The number of aromatic nitrogens is 1. The second kappa shape index (κ2) is 9.01. The van der Waals surface area contributed by atoms with Crippen LogP contribution in [-0.4, -0.2) is 38.6 Å². The molecule has 0 atom stereocenters. The van der Waals surface area contributed by atoms with E-state index >= 15 is 0 Å². The van der Waals surface area contributed by atoms with E-state index in [1.807, 2.05) is 44.1 Å². The molecule has 5 nitrogen and oxygen atoms in total.